The van der Waals surface area contributed by atoms with Crippen molar-refractivity contribution in [3.05, 3.63) is 51.7 Å². The van der Waals surface area contributed by atoms with Gasteiger partial charge in [0.1, 0.15) is 11.3 Å². The van der Waals surface area contributed by atoms with E-state index >= 15 is 0 Å². The smallest absolute Gasteiger partial charge is 0.192 e. The van der Waals surface area contributed by atoms with Crippen LogP contribution in [0.5, 0.6) is 0 Å². The number of aryl methyl sites for hydroxylation is 2. The number of benzene rings is 1. The van der Waals surface area contributed by atoms with Crippen LogP contribution < -0.4 is 10.6 Å². The first-order valence-electron chi connectivity index (χ1n) is 8.53. The van der Waals surface area contributed by atoms with Gasteiger partial charge in [-0.3, -0.25) is 0 Å². The quantitative estimate of drug-likeness (QED) is 0.528. The Hall–Kier alpha value is -2.34. The number of aliphatic imine (C=N–C) groups is 1. The molecular weight excluding hydrogens is 332 g/mol. The fraction of sp³-hybridized carbons (Fsp3) is 0.368. The van der Waals surface area contributed by atoms with E-state index in [-0.39, 0.29) is 6.04 Å². The number of furan rings is 1. The first-order chi connectivity index (χ1) is 12.1. The zero-order valence-corrected chi connectivity index (χ0v) is 15.9. The highest BCUT2D eigenvalue weighted by molar-refractivity contribution is 7.11. The molecular formula is C19H24N4OS. The van der Waals surface area contributed by atoms with Crippen molar-refractivity contribution in [2.24, 2.45) is 4.99 Å². The summed E-state index contributed by atoms with van der Waals surface area (Å²) in [4.78, 5) is 10.4. The van der Waals surface area contributed by atoms with E-state index < -0.39 is 0 Å². The fourth-order valence-corrected chi connectivity index (χ4v) is 3.54. The van der Waals surface area contributed by atoms with Gasteiger partial charge in [0, 0.05) is 16.8 Å². The number of hydrogen-bond donors (Lipinski definition) is 2. The molecule has 0 saturated carbocycles. The largest absolute Gasteiger partial charge is 0.459 e. The van der Waals surface area contributed by atoms with E-state index in [1.807, 2.05) is 32.0 Å². The van der Waals surface area contributed by atoms with Gasteiger partial charge < -0.3 is 15.1 Å². The number of nitrogens with one attached hydrogen (secondary N) is 2. The third-order valence-corrected chi connectivity index (χ3v) is 5.01. The van der Waals surface area contributed by atoms with Crippen molar-refractivity contribution in [2.75, 3.05) is 6.54 Å². The third-order valence-electron chi connectivity index (χ3n) is 3.95. The minimum atomic E-state index is 0.0227. The van der Waals surface area contributed by atoms with Crippen LogP contribution in [0.25, 0.3) is 11.0 Å². The fourth-order valence-electron chi connectivity index (χ4n) is 2.68. The van der Waals surface area contributed by atoms with Gasteiger partial charge in [0.05, 0.1) is 23.3 Å². The molecule has 1 unspecified atom stereocenters. The number of thiazole rings is 1. The zero-order valence-electron chi connectivity index (χ0n) is 15.1. The SMILES string of the molecule is CCNC(=NCc1sc(C)nc1C)NC(C)c1cc2ccccc2o1. The molecule has 0 spiro atoms. The molecule has 6 heteroatoms. The Balaban J connectivity index is 1.73. The molecule has 2 N–H and O–H groups in total. The Labute approximate surface area is 152 Å². The summed E-state index contributed by atoms with van der Waals surface area (Å²) in [6.45, 7) is 9.63. The van der Waals surface area contributed by atoms with Crippen LogP contribution in [0.3, 0.4) is 0 Å². The van der Waals surface area contributed by atoms with Gasteiger partial charge in [-0.05, 0) is 39.8 Å². The summed E-state index contributed by atoms with van der Waals surface area (Å²) in [5.74, 6) is 1.68. The normalized spacial score (nSPS) is 13.2. The standard InChI is InChI=1S/C19H24N4OS/c1-5-20-19(21-11-18-13(3)22-14(4)25-18)23-12(2)17-10-15-8-6-7-9-16(15)24-17/h6-10,12H,5,11H2,1-4H3,(H2,20,21,23). The maximum Gasteiger partial charge on any atom is 0.192 e. The maximum atomic E-state index is 5.94. The van der Waals surface area contributed by atoms with Gasteiger partial charge in [0.2, 0.25) is 0 Å². The third kappa shape index (κ3) is 4.20. The monoisotopic (exact) mass is 356 g/mol. The predicted molar refractivity (Wildman–Crippen MR) is 104 cm³/mol. The van der Waals surface area contributed by atoms with E-state index in [2.05, 4.69) is 41.6 Å². The van der Waals surface area contributed by atoms with Gasteiger partial charge in [0.15, 0.2) is 5.96 Å². The van der Waals surface area contributed by atoms with Crippen LogP contribution in [0, 0.1) is 13.8 Å². The average Bonchev–Trinajstić information content (AvgIpc) is 3.15. The van der Waals surface area contributed by atoms with Crippen molar-refractivity contribution in [2.45, 2.75) is 40.3 Å². The molecule has 3 rings (SSSR count). The highest BCUT2D eigenvalue weighted by atomic mass is 32.1. The Kier molecular flexibility index (Phi) is 5.38. The minimum absolute atomic E-state index is 0.0227. The Morgan fingerprint density at radius 1 is 1.32 bits per heavy atom. The van der Waals surface area contributed by atoms with Gasteiger partial charge in [-0.1, -0.05) is 18.2 Å². The van der Waals surface area contributed by atoms with Crippen LogP contribution in [0.4, 0.5) is 0 Å². The highest BCUT2D eigenvalue weighted by Crippen LogP contribution is 2.23. The van der Waals surface area contributed by atoms with E-state index in [0.717, 1.165) is 39.9 Å². The average molecular weight is 356 g/mol. The lowest BCUT2D eigenvalue weighted by Crippen LogP contribution is -2.38. The molecule has 0 fully saturated rings. The van der Waals surface area contributed by atoms with Gasteiger partial charge >= 0.3 is 0 Å². The molecule has 2 heterocycles. The molecule has 1 atom stereocenters. The van der Waals surface area contributed by atoms with E-state index in [1.54, 1.807) is 11.3 Å². The van der Waals surface area contributed by atoms with Crippen LogP contribution in [0.1, 0.15) is 41.2 Å². The van der Waals surface area contributed by atoms with Crippen LogP contribution in [0.2, 0.25) is 0 Å². The molecule has 0 radical (unpaired) electrons. The number of hydrogen-bond acceptors (Lipinski definition) is 4. The van der Waals surface area contributed by atoms with Crippen molar-refractivity contribution >= 4 is 28.3 Å². The van der Waals surface area contributed by atoms with E-state index in [9.17, 15) is 0 Å². The van der Waals surface area contributed by atoms with E-state index in [0.29, 0.717) is 6.54 Å². The van der Waals surface area contributed by atoms with Gasteiger partial charge in [-0.2, -0.15) is 0 Å². The lowest BCUT2D eigenvalue weighted by Gasteiger charge is -2.16. The molecule has 132 valence electrons. The molecule has 25 heavy (non-hydrogen) atoms. The summed E-state index contributed by atoms with van der Waals surface area (Å²) in [5, 5.41) is 8.91. The predicted octanol–water partition coefficient (Wildman–Crippen LogP) is 4.32. The second-order valence-electron chi connectivity index (χ2n) is 5.99. The van der Waals surface area contributed by atoms with Crippen LogP contribution in [0.15, 0.2) is 39.7 Å². The first kappa shape index (κ1) is 17.5. The molecule has 1 aromatic carbocycles. The summed E-state index contributed by atoms with van der Waals surface area (Å²) in [6, 6.07) is 10.1. The molecule has 5 nitrogen and oxygen atoms in total. The van der Waals surface area contributed by atoms with Gasteiger partial charge in [-0.25, -0.2) is 9.98 Å². The summed E-state index contributed by atoms with van der Waals surface area (Å²) >= 11 is 1.70. The summed E-state index contributed by atoms with van der Waals surface area (Å²) in [5.41, 5.74) is 1.97. The van der Waals surface area contributed by atoms with Crippen LogP contribution in [-0.4, -0.2) is 17.5 Å². The number of fused-ring (bicyclic) bond motifs is 1. The van der Waals surface area contributed by atoms with E-state index in [4.69, 9.17) is 9.41 Å². The second kappa shape index (κ2) is 7.70. The lowest BCUT2D eigenvalue weighted by atomic mass is 10.2. The summed E-state index contributed by atoms with van der Waals surface area (Å²) in [7, 11) is 0. The number of para-hydroxylation sites is 1. The minimum Gasteiger partial charge on any atom is -0.459 e. The molecule has 3 aromatic rings. The molecule has 0 aliphatic heterocycles. The van der Waals surface area contributed by atoms with Gasteiger partial charge in [-0.15, -0.1) is 11.3 Å². The first-order valence-corrected chi connectivity index (χ1v) is 9.34. The van der Waals surface area contributed by atoms with Crippen molar-refractivity contribution in [3.63, 3.8) is 0 Å². The highest BCUT2D eigenvalue weighted by Gasteiger charge is 2.13. The van der Waals surface area contributed by atoms with Crippen molar-refractivity contribution in [3.8, 4) is 0 Å². The molecule has 0 aliphatic carbocycles. The number of aromatic nitrogens is 1. The Morgan fingerprint density at radius 2 is 2.12 bits per heavy atom. The zero-order chi connectivity index (χ0) is 17.8. The number of nitrogens with zero attached hydrogens (tertiary/aromatic N) is 2. The van der Waals surface area contributed by atoms with Gasteiger partial charge in [0.25, 0.3) is 0 Å². The number of guanidine groups is 1. The topological polar surface area (TPSA) is 62.5 Å². The van der Waals surface area contributed by atoms with Crippen molar-refractivity contribution in [1.82, 2.24) is 15.6 Å². The van der Waals surface area contributed by atoms with Crippen LogP contribution in [-0.2, 0) is 6.54 Å². The molecule has 0 aliphatic rings. The Morgan fingerprint density at radius 3 is 2.80 bits per heavy atom. The molecule has 2 aromatic heterocycles. The second-order valence-corrected chi connectivity index (χ2v) is 7.28. The molecule has 0 saturated heterocycles. The van der Waals surface area contributed by atoms with Crippen molar-refractivity contribution < 1.29 is 4.42 Å². The summed E-state index contributed by atoms with van der Waals surface area (Å²) in [6.07, 6.45) is 0. The van der Waals surface area contributed by atoms with Crippen molar-refractivity contribution in [1.29, 1.82) is 0 Å². The lowest BCUT2D eigenvalue weighted by molar-refractivity contribution is 0.488. The molecule has 0 bridgehead atoms. The Bertz CT molecular complexity index is 848. The maximum absolute atomic E-state index is 5.94. The summed E-state index contributed by atoms with van der Waals surface area (Å²) < 4.78 is 5.94. The van der Waals surface area contributed by atoms with E-state index in [1.165, 1.54) is 4.88 Å². The number of rotatable bonds is 5. The molecule has 0 amide bonds. The van der Waals surface area contributed by atoms with Crippen LogP contribution >= 0.6 is 11.3 Å².